The van der Waals surface area contributed by atoms with Crippen LogP contribution in [0.25, 0.3) is 0 Å². The summed E-state index contributed by atoms with van der Waals surface area (Å²) in [5, 5.41) is 20.4. The molecule has 0 bridgehead atoms. The van der Waals surface area contributed by atoms with Crippen LogP contribution in [0.3, 0.4) is 0 Å². The second kappa shape index (κ2) is 6.14. The second-order valence-electron chi connectivity index (χ2n) is 4.48. The van der Waals surface area contributed by atoms with Crippen LogP contribution in [-0.2, 0) is 9.53 Å². The van der Waals surface area contributed by atoms with E-state index in [4.69, 9.17) is 4.74 Å². The van der Waals surface area contributed by atoms with Crippen LogP contribution in [0.2, 0.25) is 0 Å². The minimum Gasteiger partial charge on any atom is -0.481 e. The van der Waals surface area contributed by atoms with Gasteiger partial charge in [0.25, 0.3) is 0 Å². The summed E-state index contributed by atoms with van der Waals surface area (Å²) < 4.78 is 5.25. The summed E-state index contributed by atoms with van der Waals surface area (Å²) in [5.41, 5.74) is 0. The maximum atomic E-state index is 11.2. The van der Waals surface area contributed by atoms with E-state index in [1.165, 1.54) is 6.20 Å². The van der Waals surface area contributed by atoms with Crippen LogP contribution in [0.1, 0.15) is 13.3 Å². The van der Waals surface area contributed by atoms with Gasteiger partial charge in [0.2, 0.25) is 0 Å². The van der Waals surface area contributed by atoms with E-state index in [1.807, 2.05) is 11.8 Å². The quantitative estimate of drug-likeness (QED) is 0.624. The Kier molecular flexibility index (Phi) is 4.50. The van der Waals surface area contributed by atoms with Crippen molar-refractivity contribution in [2.75, 3.05) is 24.7 Å². The molecule has 110 valence electrons. The van der Waals surface area contributed by atoms with E-state index in [0.717, 1.165) is 17.8 Å². The molecular weight excluding hydrogens is 286 g/mol. The molecule has 8 nitrogen and oxygen atoms in total. The molecule has 1 aliphatic heterocycles. The molecule has 0 amide bonds. The summed E-state index contributed by atoms with van der Waals surface area (Å²) in [5.74, 6) is -1.55. The molecule has 1 N–H and O–H groups in total. The zero-order valence-corrected chi connectivity index (χ0v) is 11.7. The van der Waals surface area contributed by atoms with Crippen molar-refractivity contribution in [3.63, 3.8) is 0 Å². The Morgan fingerprint density at radius 3 is 3.00 bits per heavy atom. The number of rotatable bonds is 6. The molecule has 1 saturated heterocycles. The Morgan fingerprint density at radius 2 is 2.45 bits per heavy atom. The second-order valence-corrected chi connectivity index (χ2v) is 5.47. The van der Waals surface area contributed by atoms with Crippen molar-refractivity contribution >= 4 is 27.4 Å². The largest absolute Gasteiger partial charge is 0.481 e. The van der Waals surface area contributed by atoms with Crippen molar-refractivity contribution in [3.05, 3.63) is 16.3 Å². The molecule has 1 aromatic rings. The highest BCUT2D eigenvalue weighted by molar-refractivity contribution is 7.18. The van der Waals surface area contributed by atoms with Gasteiger partial charge in [-0.2, -0.15) is 0 Å². The van der Waals surface area contributed by atoms with Gasteiger partial charge in [-0.3, -0.25) is 14.9 Å². The summed E-state index contributed by atoms with van der Waals surface area (Å²) in [6.07, 6.45) is 1.99. The molecule has 2 rings (SSSR count). The third-order valence-corrected chi connectivity index (χ3v) is 4.13. The summed E-state index contributed by atoms with van der Waals surface area (Å²) in [7, 11) is 0. The first kappa shape index (κ1) is 14.7. The topological polar surface area (TPSA) is 106 Å². The number of hydrogen-bond donors (Lipinski definition) is 1. The highest BCUT2D eigenvalue weighted by Crippen LogP contribution is 2.32. The van der Waals surface area contributed by atoms with Gasteiger partial charge >= 0.3 is 11.0 Å². The number of aliphatic carboxylic acids is 1. The molecule has 0 radical (unpaired) electrons. The van der Waals surface area contributed by atoms with Gasteiger partial charge < -0.3 is 14.7 Å². The predicted octanol–water partition coefficient (Wildman–Crippen LogP) is 1.37. The molecule has 1 aliphatic rings. The first-order chi connectivity index (χ1) is 9.54. The van der Waals surface area contributed by atoms with E-state index in [2.05, 4.69) is 4.98 Å². The average molecular weight is 301 g/mol. The predicted molar refractivity (Wildman–Crippen MR) is 72.1 cm³/mol. The number of nitro groups is 1. The number of aromatic nitrogens is 1. The van der Waals surface area contributed by atoms with E-state index < -0.39 is 16.8 Å². The zero-order chi connectivity index (χ0) is 14.7. The molecule has 1 aromatic heterocycles. The van der Waals surface area contributed by atoms with Crippen molar-refractivity contribution in [2.24, 2.45) is 5.92 Å². The molecule has 2 unspecified atom stereocenters. The number of ether oxygens (including phenoxy) is 1. The standard InChI is InChI=1S/C11H15N3O5S/c1-2-3-13(8-6-19-5-7(8)10(15)16)11-12-4-9(20-11)14(17)18/h4,7-8H,2-3,5-6H2,1H3,(H,15,16). The van der Waals surface area contributed by atoms with Gasteiger partial charge in [0.05, 0.1) is 24.2 Å². The summed E-state index contributed by atoms with van der Waals surface area (Å²) in [4.78, 5) is 27.3. The number of nitrogens with zero attached hydrogens (tertiary/aromatic N) is 3. The average Bonchev–Trinajstić information content (AvgIpc) is 3.05. The Hall–Kier alpha value is -1.74. The number of hydrogen-bond acceptors (Lipinski definition) is 7. The van der Waals surface area contributed by atoms with Crippen LogP contribution in [0.5, 0.6) is 0 Å². The van der Waals surface area contributed by atoms with Crippen molar-refractivity contribution in [1.29, 1.82) is 0 Å². The molecule has 9 heteroatoms. The molecule has 20 heavy (non-hydrogen) atoms. The van der Waals surface area contributed by atoms with E-state index in [-0.39, 0.29) is 17.6 Å². The lowest BCUT2D eigenvalue weighted by molar-refractivity contribution is -0.380. The fourth-order valence-electron chi connectivity index (χ4n) is 2.20. The highest BCUT2D eigenvalue weighted by Gasteiger charge is 2.39. The van der Waals surface area contributed by atoms with E-state index in [0.29, 0.717) is 18.3 Å². The first-order valence-corrected chi connectivity index (χ1v) is 7.03. The van der Waals surface area contributed by atoms with Crippen molar-refractivity contribution in [2.45, 2.75) is 19.4 Å². The molecule has 1 fully saturated rings. The lowest BCUT2D eigenvalue weighted by Gasteiger charge is -2.29. The first-order valence-electron chi connectivity index (χ1n) is 6.22. The van der Waals surface area contributed by atoms with Crippen molar-refractivity contribution in [3.8, 4) is 0 Å². The molecule has 0 aromatic carbocycles. The van der Waals surface area contributed by atoms with Gasteiger partial charge in [0, 0.05) is 6.54 Å². The van der Waals surface area contributed by atoms with Crippen LogP contribution >= 0.6 is 11.3 Å². The van der Waals surface area contributed by atoms with E-state index in [9.17, 15) is 20.0 Å². The normalized spacial score (nSPS) is 21.9. The zero-order valence-electron chi connectivity index (χ0n) is 10.9. The molecule has 2 atom stereocenters. The Balaban J connectivity index is 2.25. The van der Waals surface area contributed by atoms with Gasteiger partial charge in [-0.1, -0.05) is 6.92 Å². The van der Waals surface area contributed by atoms with Crippen LogP contribution in [0, 0.1) is 16.0 Å². The van der Waals surface area contributed by atoms with Crippen LogP contribution in [0.15, 0.2) is 6.20 Å². The Labute approximate surface area is 119 Å². The van der Waals surface area contributed by atoms with Gasteiger partial charge in [0.1, 0.15) is 12.1 Å². The lowest BCUT2D eigenvalue weighted by atomic mass is 10.0. The van der Waals surface area contributed by atoms with Gasteiger partial charge in [0.15, 0.2) is 5.13 Å². The summed E-state index contributed by atoms with van der Waals surface area (Å²) in [6.45, 7) is 3.00. The van der Waals surface area contributed by atoms with Crippen molar-refractivity contribution < 1.29 is 19.6 Å². The van der Waals surface area contributed by atoms with E-state index >= 15 is 0 Å². The highest BCUT2D eigenvalue weighted by atomic mass is 32.1. The Bertz CT molecular complexity index is 506. The monoisotopic (exact) mass is 301 g/mol. The number of carboxylic acids is 1. The minimum absolute atomic E-state index is 0.0492. The third kappa shape index (κ3) is 2.88. The number of carboxylic acid groups (broad SMARTS) is 1. The smallest absolute Gasteiger partial charge is 0.345 e. The summed E-state index contributed by atoms with van der Waals surface area (Å²) in [6, 6.07) is -0.335. The van der Waals surface area contributed by atoms with Gasteiger partial charge in [-0.15, -0.1) is 0 Å². The van der Waals surface area contributed by atoms with Gasteiger partial charge in [-0.05, 0) is 17.8 Å². The fourth-order valence-corrected chi connectivity index (χ4v) is 3.02. The molecule has 0 aliphatic carbocycles. The SMILES string of the molecule is CCCN(c1ncc([N+](=O)[O-])s1)C1COCC1C(=O)O. The number of thiazole rings is 1. The number of anilines is 1. The van der Waals surface area contributed by atoms with E-state index in [1.54, 1.807) is 0 Å². The van der Waals surface area contributed by atoms with Crippen molar-refractivity contribution in [1.82, 2.24) is 4.98 Å². The minimum atomic E-state index is -0.917. The maximum absolute atomic E-state index is 11.2. The van der Waals surface area contributed by atoms with Gasteiger partial charge in [-0.25, -0.2) is 4.98 Å². The van der Waals surface area contributed by atoms with Crippen LogP contribution < -0.4 is 4.90 Å². The Morgan fingerprint density at radius 1 is 1.70 bits per heavy atom. The number of carbonyl (C=O) groups is 1. The van der Waals surface area contributed by atoms with Crippen LogP contribution in [0.4, 0.5) is 10.1 Å². The third-order valence-electron chi connectivity index (χ3n) is 3.14. The molecular formula is C11H15N3O5S. The summed E-state index contributed by atoms with van der Waals surface area (Å²) >= 11 is 0.957. The molecule has 0 spiro atoms. The maximum Gasteiger partial charge on any atom is 0.345 e. The fraction of sp³-hybridized carbons (Fsp3) is 0.636. The van der Waals surface area contributed by atoms with Crippen LogP contribution in [-0.4, -0.2) is 46.8 Å². The molecule has 0 saturated carbocycles. The molecule has 2 heterocycles. The lowest BCUT2D eigenvalue weighted by Crippen LogP contribution is -2.43.